The zero-order chi connectivity index (χ0) is 22.5. The number of piperidine rings is 1. The lowest BCUT2D eigenvalue weighted by atomic mass is 9.97. The number of nitrogens with zero attached hydrogens (tertiary/aromatic N) is 3. The molecule has 1 fully saturated rings. The molecule has 5 heteroatoms. The van der Waals surface area contributed by atoms with Gasteiger partial charge in [0, 0.05) is 44.3 Å². The molecule has 0 spiro atoms. The predicted octanol–water partition coefficient (Wildman–Crippen LogP) is 4.68. The maximum atomic E-state index is 12.3. The van der Waals surface area contributed by atoms with Gasteiger partial charge in [-0.05, 0) is 68.1 Å². The molecule has 1 aliphatic rings. The fraction of sp³-hybridized carbons (Fsp3) is 0.444. The Hall–Kier alpha value is -2.79. The molecular weight excluding hydrogens is 398 g/mol. The van der Waals surface area contributed by atoms with E-state index in [2.05, 4.69) is 48.0 Å². The first-order valence-corrected chi connectivity index (χ1v) is 11.8. The normalized spacial score (nSPS) is 15.2. The number of hydrogen-bond acceptors (Lipinski definition) is 4. The van der Waals surface area contributed by atoms with Gasteiger partial charge in [0.25, 0.3) is 5.56 Å². The molecule has 1 aromatic heterocycles. The Morgan fingerprint density at radius 1 is 1.06 bits per heavy atom. The molecule has 3 aromatic rings. The molecule has 4 rings (SSSR count). The molecule has 0 unspecified atom stereocenters. The maximum absolute atomic E-state index is 12.3. The lowest BCUT2D eigenvalue weighted by Crippen LogP contribution is -2.35. The smallest absolute Gasteiger partial charge is 0.254 e. The second-order valence-electron chi connectivity index (χ2n) is 9.04. The molecule has 0 aliphatic carbocycles. The molecule has 0 bridgehead atoms. The van der Waals surface area contributed by atoms with E-state index >= 15 is 0 Å². The molecule has 1 saturated heterocycles. The molecule has 32 heavy (non-hydrogen) atoms. The van der Waals surface area contributed by atoms with Crippen LogP contribution < -0.4 is 15.2 Å². The highest BCUT2D eigenvalue weighted by Gasteiger charge is 2.20. The van der Waals surface area contributed by atoms with Crippen molar-refractivity contribution in [2.45, 2.75) is 32.7 Å². The fourth-order valence-electron chi connectivity index (χ4n) is 4.60. The van der Waals surface area contributed by atoms with Crippen molar-refractivity contribution in [3.05, 3.63) is 70.5 Å². The van der Waals surface area contributed by atoms with E-state index < -0.39 is 0 Å². The van der Waals surface area contributed by atoms with Crippen LogP contribution in [0.2, 0.25) is 0 Å². The van der Waals surface area contributed by atoms with E-state index in [0.717, 1.165) is 56.3 Å². The Labute approximate surface area is 191 Å². The zero-order valence-corrected chi connectivity index (χ0v) is 19.6. The summed E-state index contributed by atoms with van der Waals surface area (Å²) in [4.78, 5) is 17.1. The molecule has 170 valence electrons. The monoisotopic (exact) mass is 433 g/mol. The lowest BCUT2D eigenvalue weighted by molar-refractivity contribution is 0.137. The molecule has 5 nitrogen and oxygen atoms in total. The number of hydrogen-bond donors (Lipinski definition) is 0. The van der Waals surface area contributed by atoms with Crippen molar-refractivity contribution in [3.8, 4) is 5.75 Å². The standard InChI is InChI=1S/C27H35N3O2/c1-4-15-28(2)23-11-9-21(10-12-23)19-30-16-13-22(14-17-30)20-32-26-18-27(31)29(3)25-8-6-5-7-24(25)26/h5-12,18,22H,4,13-17,19-20H2,1-3H3. The number of aromatic nitrogens is 1. The number of benzene rings is 2. The summed E-state index contributed by atoms with van der Waals surface area (Å²) < 4.78 is 7.84. The number of rotatable bonds is 8. The Bertz CT molecular complexity index is 1080. The van der Waals surface area contributed by atoms with Crippen molar-refractivity contribution in [1.29, 1.82) is 0 Å². The van der Waals surface area contributed by atoms with Gasteiger partial charge >= 0.3 is 0 Å². The van der Waals surface area contributed by atoms with Crippen LogP contribution in [0, 0.1) is 5.92 Å². The van der Waals surface area contributed by atoms with Crippen LogP contribution in [0.5, 0.6) is 5.75 Å². The predicted molar refractivity (Wildman–Crippen MR) is 133 cm³/mol. The van der Waals surface area contributed by atoms with E-state index in [1.807, 2.05) is 24.3 Å². The highest BCUT2D eigenvalue weighted by Crippen LogP contribution is 2.26. The van der Waals surface area contributed by atoms with Crippen molar-refractivity contribution in [1.82, 2.24) is 9.47 Å². The highest BCUT2D eigenvalue weighted by molar-refractivity contribution is 5.85. The van der Waals surface area contributed by atoms with Gasteiger partial charge in [0.1, 0.15) is 5.75 Å². The molecular formula is C27H35N3O2. The van der Waals surface area contributed by atoms with Crippen LogP contribution in [0.3, 0.4) is 0 Å². The summed E-state index contributed by atoms with van der Waals surface area (Å²) in [5, 5.41) is 1.00. The number of likely N-dealkylation sites (tertiary alicyclic amines) is 1. The van der Waals surface area contributed by atoms with E-state index in [0.29, 0.717) is 18.3 Å². The first-order valence-electron chi connectivity index (χ1n) is 11.8. The minimum Gasteiger partial charge on any atom is -0.492 e. The van der Waals surface area contributed by atoms with E-state index in [9.17, 15) is 4.79 Å². The van der Waals surface area contributed by atoms with Gasteiger partial charge in [-0.2, -0.15) is 0 Å². The quantitative estimate of drug-likeness (QED) is 0.517. The number of pyridine rings is 1. The zero-order valence-electron chi connectivity index (χ0n) is 19.6. The summed E-state index contributed by atoms with van der Waals surface area (Å²) in [6, 6.07) is 18.6. The van der Waals surface area contributed by atoms with E-state index in [4.69, 9.17) is 4.74 Å². The van der Waals surface area contributed by atoms with Crippen molar-refractivity contribution < 1.29 is 4.74 Å². The minimum atomic E-state index is -0.0274. The van der Waals surface area contributed by atoms with Gasteiger partial charge in [-0.15, -0.1) is 0 Å². The first-order chi connectivity index (χ1) is 15.5. The van der Waals surface area contributed by atoms with Gasteiger partial charge in [-0.1, -0.05) is 31.2 Å². The third-order valence-corrected chi connectivity index (χ3v) is 6.64. The maximum Gasteiger partial charge on any atom is 0.254 e. The number of para-hydroxylation sites is 1. The summed E-state index contributed by atoms with van der Waals surface area (Å²) in [5.41, 5.74) is 3.55. The van der Waals surface area contributed by atoms with Crippen LogP contribution in [0.15, 0.2) is 59.4 Å². The van der Waals surface area contributed by atoms with Gasteiger partial charge in [0.2, 0.25) is 0 Å². The van der Waals surface area contributed by atoms with Crippen LogP contribution >= 0.6 is 0 Å². The lowest BCUT2D eigenvalue weighted by Gasteiger charge is -2.32. The summed E-state index contributed by atoms with van der Waals surface area (Å²) in [5.74, 6) is 1.23. The minimum absolute atomic E-state index is 0.0274. The number of ether oxygens (including phenoxy) is 1. The summed E-state index contributed by atoms with van der Waals surface area (Å²) >= 11 is 0. The molecule has 0 atom stereocenters. The highest BCUT2D eigenvalue weighted by atomic mass is 16.5. The van der Waals surface area contributed by atoms with E-state index in [1.165, 1.54) is 11.3 Å². The van der Waals surface area contributed by atoms with Gasteiger partial charge < -0.3 is 14.2 Å². The number of fused-ring (bicyclic) bond motifs is 1. The van der Waals surface area contributed by atoms with Gasteiger partial charge in [0.05, 0.1) is 12.1 Å². The third kappa shape index (κ3) is 5.16. The molecule has 0 saturated carbocycles. The third-order valence-electron chi connectivity index (χ3n) is 6.64. The van der Waals surface area contributed by atoms with E-state index in [-0.39, 0.29) is 5.56 Å². The number of anilines is 1. The number of aryl methyl sites for hydroxylation is 1. The average Bonchev–Trinajstić information content (AvgIpc) is 2.82. The van der Waals surface area contributed by atoms with Crippen molar-refractivity contribution in [2.75, 3.05) is 38.2 Å². The molecule has 0 amide bonds. The summed E-state index contributed by atoms with van der Waals surface area (Å²) in [7, 11) is 3.96. The van der Waals surface area contributed by atoms with Gasteiger partial charge in [0.15, 0.2) is 0 Å². The summed E-state index contributed by atoms with van der Waals surface area (Å²) in [6.45, 7) is 7.14. The van der Waals surface area contributed by atoms with Crippen molar-refractivity contribution >= 4 is 16.6 Å². The van der Waals surface area contributed by atoms with Crippen LogP contribution in [0.1, 0.15) is 31.7 Å². The fourth-order valence-corrected chi connectivity index (χ4v) is 4.60. The Morgan fingerprint density at radius 2 is 1.78 bits per heavy atom. The second kappa shape index (κ2) is 10.2. The summed E-state index contributed by atoms with van der Waals surface area (Å²) in [6.07, 6.45) is 3.41. The molecule has 0 radical (unpaired) electrons. The second-order valence-corrected chi connectivity index (χ2v) is 9.04. The molecule has 1 aliphatic heterocycles. The largest absolute Gasteiger partial charge is 0.492 e. The van der Waals surface area contributed by atoms with Gasteiger partial charge in [-0.25, -0.2) is 0 Å². The van der Waals surface area contributed by atoms with Crippen LogP contribution in [-0.2, 0) is 13.6 Å². The van der Waals surface area contributed by atoms with Crippen molar-refractivity contribution in [2.24, 2.45) is 13.0 Å². The Balaban J connectivity index is 1.29. The van der Waals surface area contributed by atoms with Crippen molar-refractivity contribution in [3.63, 3.8) is 0 Å². The average molecular weight is 434 g/mol. The molecule has 2 heterocycles. The van der Waals surface area contributed by atoms with E-state index in [1.54, 1.807) is 17.7 Å². The van der Waals surface area contributed by atoms with Crippen LogP contribution in [-0.4, -0.2) is 42.8 Å². The first kappa shape index (κ1) is 22.4. The molecule has 2 aromatic carbocycles. The Kier molecular flexibility index (Phi) is 7.15. The van der Waals surface area contributed by atoms with Gasteiger partial charge in [-0.3, -0.25) is 9.69 Å². The SMILES string of the molecule is CCCN(C)c1ccc(CN2CCC(COc3cc(=O)n(C)c4ccccc34)CC2)cc1. The van der Waals surface area contributed by atoms with Crippen LogP contribution in [0.25, 0.3) is 10.9 Å². The molecule has 0 N–H and O–H groups in total. The topological polar surface area (TPSA) is 37.7 Å². The van der Waals surface area contributed by atoms with Crippen LogP contribution in [0.4, 0.5) is 5.69 Å². The Morgan fingerprint density at radius 3 is 2.50 bits per heavy atom.